The molecule has 0 saturated carbocycles. The lowest BCUT2D eigenvalue weighted by Crippen LogP contribution is -2.00. The van der Waals surface area contributed by atoms with Crippen LogP contribution in [0.15, 0.2) is 89.6 Å². The summed E-state index contributed by atoms with van der Waals surface area (Å²) in [7, 11) is 0. The molecule has 2 aromatic rings. The van der Waals surface area contributed by atoms with E-state index in [1.54, 1.807) is 18.2 Å². The van der Waals surface area contributed by atoms with Crippen LogP contribution in [0.25, 0.3) is 12.2 Å². The van der Waals surface area contributed by atoms with Crippen LogP contribution in [0.4, 0.5) is 0 Å². The molecule has 1 heterocycles. The summed E-state index contributed by atoms with van der Waals surface area (Å²) in [5.41, 5.74) is 2.38. The highest BCUT2D eigenvalue weighted by Gasteiger charge is 2.20. The Hall–Kier alpha value is -3.20. The van der Waals surface area contributed by atoms with Crippen molar-refractivity contribution < 1.29 is 9.53 Å². The van der Waals surface area contributed by atoms with Crippen LogP contribution in [-0.4, -0.2) is 11.9 Å². The summed E-state index contributed by atoms with van der Waals surface area (Å²) < 4.78 is 5.12. The molecule has 2 aromatic carbocycles. The Morgan fingerprint density at radius 2 is 1.39 bits per heavy atom. The molecule has 0 N–H and O–H groups in total. The zero-order valence-corrected chi connectivity index (χ0v) is 12.4. The molecule has 0 atom stereocenters. The predicted octanol–water partition coefficient (Wildman–Crippen LogP) is 4.25. The summed E-state index contributed by atoms with van der Waals surface area (Å²) >= 11 is 0. The highest BCUT2D eigenvalue weighted by molar-refractivity contribution is 6.09. The summed E-state index contributed by atoms with van der Waals surface area (Å²) in [6.45, 7) is 0. The van der Waals surface area contributed by atoms with Crippen LogP contribution < -0.4 is 0 Å². The van der Waals surface area contributed by atoms with Crippen molar-refractivity contribution >= 4 is 24.0 Å². The monoisotopic (exact) mass is 301 g/mol. The van der Waals surface area contributed by atoms with Crippen molar-refractivity contribution in [2.45, 2.75) is 0 Å². The number of carbonyl (C=O) groups is 1. The molecule has 0 aromatic heterocycles. The standard InChI is InChI=1S/C20H15NO2/c22-20-18(13-7-12-16-8-3-1-4-9-16)21-19(23-20)15-14-17-10-5-2-6-11-17/h1-15H/b12-7+,15-14+,18-13-. The molecule has 1 aliphatic rings. The Labute approximate surface area is 135 Å². The fourth-order valence-electron chi connectivity index (χ4n) is 2.06. The van der Waals surface area contributed by atoms with Gasteiger partial charge in [-0.05, 0) is 23.3 Å². The van der Waals surface area contributed by atoms with Gasteiger partial charge in [-0.25, -0.2) is 9.79 Å². The summed E-state index contributed by atoms with van der Waals surface area (Å²) in [6, 6.07) is 19.6. The van der Waals surface area contributed by atoms with Crippen LogP contribution in [0, 0.1) is 0 Å². The number of esters is 1. The molecule has 1 aliphatic heterocycles. The molecule has 0 aliphatic carbocycles. The first kappa shape index (κ1) is 14.7. The van der Waals surface area contributed by atoms with Gasteiger partial charge in [0.05, 0.1) is 0 Å². The predicted molar refractivity (Wildman–Crippen MR) is 92.6 cm³/mol. The molecular formula is C20H15NO2. The van der Waals surface area contributed by atoms with E-state index in [9.17, 15) is 4.79 Å². The number of nitrogens with zero attached hydrogens (tertiary/aromatic N) is 1. The third kappa shape index (κ3) is 4.14. The number of hydrogen-bond acceptors (Lipinski definition) is 3. The van der Waals surface area contributed by atoms with Crippen LogP contribution in [0.2, 0.25) is 0 Å². The Morgan fingerprint density at radius 3 is 2.04 bits per heavy atom. The Kier molecular flexibility index (Phi) is 4.60. The minimum absolute atomic E-state index is 0.296. The normalized spacial score (nSPS) is 16.3. The van der Waals surface area contributed by atoms with Gasteiger partial charge in [0.25, 0.3) is 0 Å². The molecule has 0 radical (unpaired) electrons. The van der Waals surface area contributed by atoms with Gasteiger partial charge in [-0.2, -0.15) is 0 Å². The molecule has 3 nitrogen and oxygen atoms in total. The zero-order valence-electron chi connectivity index (χ0n) is 12.4. The number of allylic oxidation sites excluding steroid dienone is 2. The molecule has 0 unspecified atom stereocenters. The van der Waals surface area contributed by atoms with Crippen molar-refractivity contribution in [2.75, 3.05) is 0 Å². The summed E-state index contributed by atoms with van der Waals surface area (Å²) in [6.07, 6.45) is 8.90. The molecule has 3 heteroatoms. The molecule has 0 spiro atoms. The number of rotatable bonds is 4. The molecule has 3 rings (SSSR count). The number of benzene rings is 2. The Balaban J connectivity index is 1.70. The van der Waals surface area contributed by atoms with Crippen LogP contribution in [0.1, 0.15) is 11.1 Å². The fourth-order valence-corrected chi connectivity index (χ4v) is 2.06. The van der Waals surface area contributed by atoms with E-state index >= 15 is 0 Å². The molecule has 23 heavy (non-hydrogen) atoms. The number of cyclic esters (lactones) is 1. The first-order chi connectivity index (χ1) is 11.3. The number of carbonyl (C=O) groups excluding carboxylic acids is 1. The van der Waals surface area contributed by atoms with Crippen molar-refractivity contribution in [3.05, 3.63) is 95.7 Å². The van der Waals surface area contributed by atoms with Gasteiger partial charge >= 0.3 is 5.97 Å². The van der Waals surface area contributed by atoms with Crippen molar-refractivity contribution in [3.63, 3.8) is 0 Å². The van der Waals surface area contributed by atoms with E-state index in [1.807, 2.05) is 72.8 Å². The van der Waals surface area contributed by atoms with Crippen molar-refractivity contribution in [1.29, 1.82) is 0 Å². The second-order valence-electron chi connectivity index (χ2n) is 4.91. The SMILES string of the molecule is O=C1OC(/C=C/c2ccccc2)=NC/1=C\C=C\c1ccccc1. The Morgan fingerprint density at radius 1 is 0.783 bits per heavy atom. The molecule has 0 bridgehead atoms. The lowest BCUT2D eigenvalue weighted by molar-refractivity contribution is -0.129. The van der Waals surface area contributed by atoms with Gasteiger partial charge in [-0.15, -0.1) is 0 Å². The maximum Gasteiger partial charge on any atom is 0.363 e. The van der Waals surface area contributed by atoms with Gasteiger partial charge in [-0.3, -0.25) is 0 Å². The molecular weight excluding hydrogens is 286 g/mol. The zero-order chi connectivity index (χ0) is 15.9. The topological polar surface area (TPSA) is 38.7 Å². The van der Waals surface area contributed by atoms with Crippen LogP contribution in [-0.2, 0) is 9.53 Å². The van der Waals surface area contributed by atoms with Gasteiger partial charge in [0, 0.05) is 6.08 Å². The minimum Gasteiger partial charge on any atom is -0.403 e. The fraction of sp³-hybridized carbons (Fsp3) is 0. The summed E-state index contributed by atoms with van der Waals surface area (Å²) in [4.78, 5) is 15.9. The summed E-state index contributed by atoms with van der Waals surface area (Å²) in [5.74, 6) is -0.131. The van der Waals surface area contributed by atoms with Crippen LogP contribution in [0.5, 0.6) is 0 Å². The highest BCUT2D eigenvalue weighted by atomic mass is 16.6. The number of aliphatic imine (C=N–C) groups is 1. The quantitative estimate of drug-likeness (QED) is 0.625. The van der Waals surface area contributed by atoms with E-state index in [0.29, 0.717) is 11.6 Å². The number of hydrogen-bond donors (Lipinski definition) is 0. The third-order valence-electron chi connectivity index (χ3n) is 3.20. The van der Waals surface area contributed by atoms with E-state index in [0.717, 1.165) is 11.1 Å². The summed E-state index contributed by atoms with van der Waals surface area (Å²) in [5, 5.41) is 0. The van der Waals surface area contributed by atoms with Gasteiger partial charge < -0.3 is 4.74 Å². The molecule has 112 valence electrons. The molecule has 0 saturated heterocycles. The second kappa shape index (κ2) is 7.18. The van der Waals surface area contributed by atoms with Crippen molar-refractivity contribution in [3.8, 4) is 0 Å². The van der Waals surface area contributed by atoms with Crippen molar-refractivity contribution in [2.24, 2.45) is 4.99 Å². The third-order valence-corrected chi connectivity index (χ3v) is 3.20. The largest absolute Gasteiger partial charge is 0.403 e. The van der Waals surface area contributed by atoms with Gasteiger partial charge in [-0.1, -0.05) is 72.8 Å². The second-order valence-corrected chi connectivity index (χ2v) is 4.91. The van der Waals surface area contributed by atoms with E-state index < -0.39 is 5.97 Å². The first-order valence-electron chi connectivity index (χ1n) is 7.29. The smallest absolute Gasteiger partial charge is 0.363 e. The first-order valence-corrected chi connectivity index (χ1v) is 7.29. The average Bonchev–Trinajstić information content (AvgIpc) is 2.95. The number of ether oxygens (including phenoxy) is 1. The van der Waals surface area contributed by atoms with Gasteiger partial charge in [0.15, 0.2) is 5.70 Å². The average molecular weight is 301 g/mol. The van der Waals surface area contributed by atoms with Crippen LogP contribution >= 0.6 is 0 Å². The molecule has 0 amide bonds. The van der Waals surface area contributed by atoms with E-state index in [2.05, 4.69) is 4.99 Å². The van der Waals surface area contributed by atoms with E-state index in [-0.39, 0.29) is 0 Å². The lowest BCUT2D eigenvalue weighted by atomic mass is 10.2. The molecule has 0 fully saturated rings. The van der Waals surface area contributed by atoms with Gasteiger partial charge in [0.2, 0.25) is 5.90 Å². The van der Waals surface area contributed by atoms with E-state index in [1.165, 1.54) is 0 Å². The van der Waals surface area contributed by atoms with Crippen molar-refractivity contribution in [1.82, 2.24) is 0 Å². The highest BCUT2D eigenvalue weighted by Crippen LogP contribution is 2.13. The van der Waals surface area contributed by atoms with Crippen LogP contribution in [0.3, 0.4) is 0 Å². The maximum atomic E-state index is 11.8. The van der Waals surface area contributed by atoms with Gasteiger partial charge in [0.1, 0.15) is 0 Å². The van der Waals surface area contributed by atoms with E-state index in [4.69, 9.17) is 4.74 Å². The lowest BCUT2D eigenvalue weighted by Gasteiger charge is -1.92. The minimum atomic E-state index is -0.435. The maximum absolute atomic E-state index is 11.8. The Bertz CT molecular complexity index is 800.